The van der Waals surface area contributed by atoms with Crippen LogP contribution in [-0.2, 0) is 27.0 Å². The third kappa shape index (κ3) is 3.37. The summed E-state index contributed by atoms with van der Waals surface area (Å²) in [7, 11) is -2.05. The van der Waals surface area contributed by atoms with Crippen LogP contribution in [-0.4, -0.2) is 23.2 Å². The lowest BCUT2D eigenvalue weighted by Crippen LogP contribution is -2.29. The number of oxazole rings is 1. The summed E-state index contributed by atoms with van der Waals surface area (Å²) in [6, 6.07) is 6.64. The number of benzene rings is 1. The second-order valence-corrected chi connectivity index (χ2v) is 10.8. The summed E-state index contributed by atoms with van der Waals surface area (Å²) in [5.74, 6) is -0.439. The van der Waals surface area contributed by atoms with Crippen LogP contribution in [0, 0.1) is 5.82 Å². The van der Waals surface area contributed by atoms with Gasteiger partial charge >= 0.3 is 0 Å². The van der Waals surface area contributed by atoms with Crippen molar-refractivity contribution in [2.75, 3.05) is 0 Å². The molecule has 150 valence electrons. The van der Waals surface area contributed by atoms with E-state index in [0.29, 0.717) is 5.69 Å². The molecule has 0 amide bonds. The Bertz CT molecular complexity index is 1100. The fourth-order valence-corrected chi connectivity index (χ4v) is 4.17. The van der Waals surface area contributed by atoms with Gasteiger partial charge in [-0.1, -0.05) is 20.8 Å². The molecule has 2 heterocycles. The van der Waals surface area contributed by atoms with Crippen molar-refractivity contribution >= 4 is 9.84 Å². The fourth-order valence-electron chi connectivity index (χ4n) is 2.76. The highest BCUT2D eigenvalue weighted by Gasteiger charge is 2.42. The van der Waals surface area contributed by atoms with E-state index in [1.54, 1.807) is 11.7 Å². The van der Waals surface area contributed by atoms with Crippen LogP contribution in [0.1, 0.15) is 46.2 Å². The summed E-state index contributed by atoms with van der Waals surface area (Å²) >= 11 is 0. The van der Waals surface area contributed by atoms with Crippen LogP contribution in [0.5, 0.6) is 0 Å². The van der Waals surface area contributed by atoms with Crippen molar-refractivity contribution in [3.63, 3.8) is 0 Å². The lowest BCUT2D eigenvalue weighted by molar-refractivity contribution is 0.431. The van der Waals surface area contributed by atoms with Gasteiger partial charge in [-0.25, -0.2) is 17.8 Å². The number of aromatic nitrogens is 3. The molecule has 0 spiro atoms. The van der Waals surface area contributed by atoms with Crippen molar-refractivity contribution in [2.24, 2.45) is 7.05 Å². The SMILES string of the molecule is Cn1nc(C(C)(C)C)cc1-c1coc(C(C)(C)S(=O)(=O)c2ccc(F)cc2)n1. The zero-order chi connectivity index (χ0) is 20.9. The highest BCUT2D eigenvalue weighted by Crippen LogP contribution is 2.36. The monoisotopic (exact) mass is 405 g/mol. The second kappa shape index (κ2) is 6.55. The number of aryl methyl sites for hydroxylation is 1. The molecule has 0 aliphatic carbocycles. The molecule has 0 radical (unpaired) electrons. The predicted octanol–water partition coefficient (Wildman–Crippen LogP) is 4.22. The Labute approximate surface area is 164 Å². The van der Waals surface area contributed by atoms with E-state index in [1.165, 1.54) is 32.2 Å². The number of rotatable bonds is 4. The van der Waals surface area contributed by atoms with E-state index in [0.717, 1.165) is 23.5 Å². The van der Waals surface area contributed by atoms with Crippen molar-refractivity contribution in [1.29, 1.82) is 0 Å². The van der Waals surface area contributed by atoms with Crippen molar-refractivity contribution in [2.45, 2.75) is 49.7 Å². The number of nitrogens with zero attached hydrogens (tertiary/aromatic N) is 3. The van der Waals surface area contributed by atoms with Crippen LogP contribution < -0.4 is 0 Å². The molecule has 0 aliphatic heterocycles. The van der Waals surface area contributed by atoms with Crippen LogP contribution >= 0.6 is 0 Å². The fraction of sp³-hybridized carbons (Fsp3) is 0.400. The average Bonchev–Trinajstić information content (AvgIpc) is 3.21. The number of hydrogen-bond acceptors (Lipinski definition) is 5. The van der Waals surface area contributed by atoms with Gasteiger partial charge in [-0.3, -0.25) is 4.68 Å². The Hall–Kier alpha value is -2.48. The van der Waals surface area contributed by atoms with Crippen LogP contribution in [0.15, 0.2) is 45.9 Å². The molecule has 8 heteroatoms. The second-order valence-electron chi connectivity index (χ2n) is 8.29. The Morgan fingerprint density at radius 3 is 2.21 bits per heavy atom. The van der Waals surface area contributed by atoms with Gasteiger partial charge in [0.1, 0.15) is 22.5 Å². The minimum Gasteiger partial charge on any atom is -0.447 e. The predicted molar refractivity (Wildman–Crippen MR) is 104 cm³/mol. The highest BCUT2D eigenvalue weighted by atomic mass is 32.2. The first-order valence-corrected chi connectivity index (χ1v) is 10.3. The minimum atomic E-state index is -3.85. The zero-order valence-corrected chi connectivity index (χ0v) is 17.6. The molecule has 0 aliphatic rings. The quantitative estimate of drug-likeness (QED) is 0.607. The molecular weight excluding hydrogens is 381 g/mol. The smallest absolute Gasteiger partial charge is 0.215 e. The molecule has 3 aromatic rings. The first kappa shape index (κ1) is 20.3. The van der Waals surface area contributed by atoms with Gasteiger partial charge in [0.05, 0.1) is 16.3 Å². The van der Waals surface area contributed by atoms with Gasteiger partial charge in [0, 0.05) is 12.5 Å². The van der Waals surface area contributed by atoms with Crippen molar-refractivity contribution in [1.82, 2.24) is 14.8 Å². The molecule has 1 aromatic carbocycles. The summed E-state index contributed by atoms with van der Waals surface area (Å²) in [5, 5.41) is 4.52. The topological polar surface area (TPSA) is 78.0 Å². The Kier molecular flexibility index (Phi) is 4.74. The molecule has 0 bridgehead atoms. The summed E-state index contributed by atoms with van der Waals surface area (Å²) < 4.78 is 45.1. The van der Waals surface area contributed by atoms with E-state index >= 15 is 0 Å². The van der Waals surface area contributed by atoms with Gasteiger partial charge in [-0.05, 0) is 44.2 Å². The molecule has 0 fully saturated rings. The largest absolute Gasteiger partial charge is 0.447 e. The third-order valence-electron chi connectivity index (χ3n) is 4.73. The average molecular weight is 405 g/mol. The van der Waals surface area contributed by atoms with Gasteiger partial charge in [-0.2, -0.15) is 5.10 Å². The molecular formula is C20H24FN3O3S. The van der Waals surface area contributed by atoms with E-state index < -0.39 is 20.4 Å². The molecule has 2 aromatic heterocycles. The van der Waals surface area contributed by atoms with Crippen LogP contribution in [0.4, 0.5) is 4.39 Å². The molecule has 6 nitrogen and oxygen atoms in total. The van der Waals surface area contributed by atoms with Gasteiger partial charge < -0.3 is 4.42 Å². The van der Waals surface area contributed by atoms with Crippen molar-refractivity contribution < 1.29 is 17.2 Å². The summed E-state index contributed by atoms with van der Waals surface area (Å²) in [6.45, 7) is 9.22. The molecule has 0 unspecified atom stereocenters. The normalized spacial score (nSPS) is 13.1. The van der Waals surface area contributed by atoms with Gasteiger partial charge in [0.15, 0.2) is 9.84 Å². The van der Waals surface area contributed by atoms with Gasteiger partial charge in [0.25, 0.3) is 0 Å². The van der Waals surface area contributed by atoms with Crippen LogP contribution in [0.3, 0.4) is 0 Å². The summed E-state index contributed by atoms with van der Waals surface area (Å²) in [5.41, 5.74) is 2.00. The zero-order valence-electron chi connectivity index (χ0n) is 16.8. The summed E-state index contributed by atoms with van der Waals surface area (Å²) in [6.07, 6.45) is 1.43. The third-order valence-corrected chi connectivity index (χ3v) is 7.14. The van der Waals surface area contributed by atoms with E-state index in [-0.39, 0.29) is 16.2 Å². The van der Waals surface area contributed by atoms with Crippen LogP contribution in [0.25, 0.3) is 11.4 Å². The van der Waals surface area contributed by atoms with Crippen LogP contribution in [0.2, 0.25) is 0 Å². The molecule has 0 saturated heterocycles. The minimum absolute atomic E-state index is 0.00852. The standard InChI is InChI=1S/C20H24FN3O3S/c1-19(2,3)17-11-16(24(6)23-17)15-12-27-18(22-15)20(4,5)28(25,26)14-9-7-13(21)8-10-14/h7-12H,1-6H3. The number of hydrogen-bond donors (Lipinski definition) is 0. The first-order chi connectivity index (χ1) is 12.8. The van der Waals surface area contributed by atoms with E-state index in [1.807, 2.05) is 6.07 Å². The first-order valence-electron chi connectivity index (χ1n) is 8.85. The molecule has 0 N–H and O–H groups in total. The van der Waals surface area contributed by atoms with E-state index in [9.17, 15) is 12.8 Å². The molecule has 0 saturated carbocycles. The lowest BCUT2D eigenvalue weighted by Gasteiger charge is -2.21. The van der Waals surface area contributed by atoms with Crippen molar-refractivity contribution in [3.8, 4) is 11.4 Å². The van der Waals surface area contributed by atoms with Gasteiger partial charge in [-0.15, -0.1) is 0 Å². The number of sulfone groups is 1. The molecule has 0 atom stereocenters. The Morgan fingerprint density at radius 2 is 1.68 bits per heavy atom. The van der Waals surface area contributed by atoms with Crippen molar-refractivity contribution in [3.05, 3.63) is 54.0 Å². The van der Waals surface area contributed by atoms with E-state index in [2.05, 4.69) is 30.9 Å². The van der Waals surface area contributed by atoms with E-state index in [4.69, 9.17) is 4.42 Å². The lowest BCUT2D eigenvalue weighted by atomic mass is 9.92. The molecule has 3 rings (SSSR count). The maximum atomic E-state index is 13.2. The highest BCUT2D eigenvalue weighted by molar-refractivity contribution is 7.92. The van der Waals surface area contributed by atoms with Gasteiger partial charge in [0.2, 0.25) is 5.89 Å². The Balaban J connectivity index is 2.01. The maximum absolute atomic E-state index is 13.2. The summed E-state index contributed by atoms with van der Waals surface area (Å²) in [4.78, 5) is 4.45. The maximum Gasteiger partial charge on any atom is 0.215 e. The molecule has 28 heavy (non-hydrogen) atoms. The number of halogens is 1. The Morgan fingerprint density at radius 1 is 1.07 bits per heavy atom.